The summed E-state index contributed by atoms with van der Waals surface area (Å²) in [5, 5.41) is 0. The Bertz CT molecular complexity index is 1650. The third-order valence-electron chi connectivity index (χ3n) is 11.7. The van der Waals surface area contributed by atoms with E-state index in [1.165, 1.54) is 0 Å². The third-order valence-corrected chi connectivity index (χ3v) is 12.8. The summed E-state index contributed by atoms with van der Waals surface area (Å²) in [6.07, 6.45) is 8.40. The van der Waals surface area contributed by atoms with Crippen LogP contribution in [0.2, 0.25) is 0 Å². The highest BCUT2D eigenvalue weighted by Crippen LogP contribution is 2.39. The Morgan fingerprint density at radius 3 is 1.25 bits per heavy atom. The molecule has 4 aromatic rings. The maximum atomic E-state index is 15.3. The smallest absolute Gasteiger partial charge is 0.164 e. The van der Waals surface area contributed by atoms with Crippen molar-refractivity contribution in [2.75, 3.05) is 14.1 Å². The van der Waals surface area contributed by atoms with E-state index < -0.39 is 0 Å². The molecule has 2 saturated heterocycles. The number of benzene rings is 4. The first-order chi connectivity index (χ1) is 25.2. The van der Waals surface area contributed by atoms with E-state index in [9.17, 15) is 9.59 Å². The highest BCUT2D eigenvalue weighted by molar-refractivity contribution is 9.10. The van der Waals surface area contributed by atoms with Gasteiger partial charge < -0.3 is 0 Å². The first-order valence-corrected chi connectivity index (χ1v) is 20.4. The quantitative estimate of drug-likeness (QED) is 0.119. The maximum absolute atomic E-state index is 15.3. The molecule has 2 aliphatic heterocycles. The molecular formula is C45H50Br2N2O3. The van der Waals surface area contributed by atoms with Gasteiger partial charge in [-0.1, -0.05) is 130 Å². The predicted molar refractivity (Wildman–Crippen MR) is 217 cm³/mol. The molecule has 0 N–H and O–H groups in total. The predicted octanol–water partition coefficient (Wildman–Crippen LogP) is 10.7. The van der Waals surface area contributed by atoms with E-state index in [0.29, 0.717) is 25.7 Å². The summed E-state index contributed by atoms with van der Waals surface area (Å²) in [7, 11) is 4.30. The van der Waals surface area contributed by atoms with Gasteiger partial charge in [0.25, 0.3) is 0 Å². The van der Waals surface area contributed by atoms with Gasteiger partial charge in [-0.15, -0.1) is 0 Å². The van der Waals surface area contributed by atoms with Crippen LogP contribution in [0.1, 0.15) is 108 Å². The lowest BCUT2D eigenvalue weighted by molar-refractivity contribution is -0.123. The van der Waals surface area contributed by atoms with Crippen molar-refractivity contribution in [2.45, 2.75) is 100 Å². The summed E-state index contributed by atoms with van der Waals surface area (Å²) >= 11 is 7.23. The van der Waals surface area contributed by atoms with Crippen LogP contribution in [0, 0.1) is 0 Å². The Morgan fingerprint density at radius 2 is 0.885 bits per heavy atom. The Morgan fingerprint density at radius 1 is 0.538 bits per heavy atom. The highest BCUT2D eigenvalue weighted by Gasteiger charge is 2.38. The molecule has 2 fully saturated rings. The van der Waals surface area contributed by atoms with Crippen LogP contribution >= 0.6 is 31.9 Å². The van der Waals surface area contributed by atoms with Crippen LogP contribution in [0.15, 0.2) is 118 Å². The molecule has 0 aromatic heterocycles. The van der Waals surface area contributed by atoms with Crippen molar-refractivity contribution in [3.63, 3.8) is 0 Å². The van der Waals surface area contributed by atoms with Crippen molar-refractivity contribution in [3.8, 4) is 0 Å². The Kier molecular flexibility index (Phi) is 13.5. The van der Waals surface area contributed by atoms with Gasteiger partial charge in [0.05, 0.1) is 0 Å². The molecule has 0 aliphatic carbocycles. The monoisotopic (exact) mass is 824 g/mol. The number of hydrogen-bond donors (Lipinski definition) is 0. The topological polar surface area (TPSA) is 57.7 Å². The van der Waals surface area contributed by atoms with Crippen LogP contribution < -0.4 is 0 Å². The van der Waals surface area contributed by atoms with Gasteiger partial charge in [-0.05, 0) is 88.0 Å². The van der Waals surface area contributed by atoms with Gasteiger partial charge in [-0.25, -0.2) is 0 Å². The zero-order valence-corrected chi connectivity index (χ0v) is 33.5. The maximum Gasteiger partial charge on any atom is 0.164 e. The molecule has 6 rings (SSSR count). The van der Waals surface area contributed by atoms with Crippen molar-refractivity contribution in [1.29, 1.82) is 0 Å². The van der Waals surface area contributed by atoms with Crippen LogP contribution in [-0.4, -0.2) is 65.4 Å². The van der Waals surface area contributed by atoms with E-state index in [0.717, 1.165) is 69.7 Å². The molecule has 0 amide bonds. The molecule has 52 heavy (non-hydrogen) atoms. The number of halogens is 2. The molecule has 2 heterocycles. The second-order valence-electron chi connectivity index (χ2n) is 14.9. The van der Waals surface area contributed by atoms with Gasteiger partial charge in [0.1, 0.15) is 5.78 Å². The van der Waals surface area contributed by atoms with Crippen molar-refractivity contribution < 1.29 is 14.4 Å². The number of rotatable bonds is 14. The number of carbonyl (C=O) groups is 3. The van der Waals surface area contributed by atoms with E-state index in [1.54, 1.807) is 0 Å². The number of ketones is 3. The molecule has 5 nitrogen and oxygen atoms in total. The van der Waals surface area contributed by atoms with E-state index in [-0.39, 0.29) is 53.4 Å². The summed E-state index contributed by atoms with van der Waals surface area (Å²) in [5.74, 6) is -0.00992. The largest absolute Gasteiger partial charge is 0.300 e. The average molecular weight is 827 g/mol. The Labute approximate surface area is 326 Å². The van der Waals surface area contributed by atoms with E-state index in [4.69, 9.17) is 0 Å². The highest BCUT2D eigenvalue weighted by atomic mass is 79.9. The summed E-state index contributed by atoms with van der Waals surface area (Å²) < 4.78 is 1.97. The van der Waals surface area contributed by atoms with Gasteiger partial charge in [0.2, 0.25) is 0 Å². The lowest BCUT2D eigenvalue weighted by Crippen LogP contribution is -2.47. The van der Waals surface area contributed by atoms with Gasteiger partial charge in [-0.3, -0.25) is 24.2 Å². The summed E-state index contributed by atoms with van der Waals surface area (Å²) in [6, 6.07) is 36.4. The van der Waals surface area contributed by atoms with Crippen molar-refractivity contribution in [3.05, 3.63) is 140 Å². The minimum Gasteiger partial charge on any atom is -0.300 e. The number of nitrogens with zero attached hydrogens (tertiary/aromatic N) is 2. The number of hydrogen-bond acceptors (Lipinski definition) is 5. The third kappa shape index (κ3) is 9.65. The van der Waals surface area contributed by atoms with E-state index in [2.05, 4.69) is 80.0 Å². The van der Waals surface area contributed by atoms with Crippen LogP contribution in [-0.2, 0) is 4.79 Å². The SMILES string of the molecule is CN1C(CC(=O)c2ccccc2)CCCC1CC(C(=O)C(CC1CCCC(CC(=O)c2ccccc2)N1C)c1ccc(Br)cc1)c1ccc(Br)cc1. The standard InChI is InChI=1S/C45H50Br2N2O3/c1-48-37(15-9-17-39(48)29-43(50)33-11-5-3-6-12-33)27-41(31-19-23-35(46)24-20-31)45(52)42(32-21-25-36(47)26-22-32)28-38-16-10-18-40(49(38)2)30-44(51)34-13-7-4-8-14-34/h3-8,11-14,19-26,37-42H,9-10,15-18,27-30H2,1-2H3. The average Bonchev–Trinajstić information content (AvgIpc) is 3.17. The lowest BCUT2D eigenvalue weighted by atomic mass is 9.75. The molecule has 0 saturated carbocycles. The number of piperidine rings is 2. The molecule has 272 valence electrons. The zero-order valence-electron chi connectivity index (χ0n) is 30.3. The Hall–Kier alpha value is -3.23. The Balaban J connectivity index is 1.25. The van der Waals surface area contributed by atoms with Crippen molar-refractivity contribution in [2.24, 2.45) is 0 Å². The molecular weight excluding hydrogens is 776 g/mol. The van der Waals surface area contributed by atoms with Crippen molar-refractivity contribution >= 4 is 49.2 Å². The normalized spacial score (nSPS) is 22.4. The first-order valence-electron chi connectivity index (χ1n) is 18.8. The van der Waals surface area contributed by atoms with Gasteiger partial charge in [-0.2, -0.15) is 0 Å². The summed E-state index contributed by atoms with van der Waals surface area (Å²) in [6.45, 7) is 0. The molecule has 6 atom stereocenters. The minimum absolute atomic E-state index is 0.140. The molecule has 0 bridgehead atoms. The summed E-state index contributed by atoms with van der Waals surface area (Å²) in [5.41, 5.74) is 3.60. The zero-order chi connectivity index (χ0) is 36.6. The van der Waals surface area contributed by atoms with Crippen LogP contribution in [0.5, 0.6) is 0 Å². The molecule has 2 aliphatic rings. The molecule has 7 heteroatoms. The fourth-order valence-corrected chi connectivity index (χ4v) is 9.10. The fourth-order valence-electron chi connectivity index (χ4n) is 8.57. The molecule has 0 spiro atoms. The van der Waals surface area contributed by atoms with Crippen LogP contribution in [0.3, 0.4) is 0 Å². The second kappa shape index (κ2) is 18.2. The molecule has 6 unspecified atom stereocenters. The molecule has 0 radical (unpaired) electrons. The van der Waals surface area contributed by atoms with Crippen LogP contribution in [0.4, 0.5) is 0 Å². The van der Waals surface area contributed by atoms with E-state index in [1.807, 2.05) is 84.9 Å². The lowest BCUT2D eigenvalue weighted by Gasteiger charge is -2.42. The number of carbonyl (C=O) groups excluding carboxylic acids is 3. The minimum atomic E-state index is -0.304. The number of likely N-dealkylation sites (tertiary alicyclic amines) is 2. The summed E-state index contributed by atoms with van der Waals surface area (Å²) in [4.78, 5) is 46.6. The van der Waals surface area contributed by atoms with Gasteiger partial charge in [0.15, 0.2) is 11.6 Å². The van der Waals surface area contributed by atoms with Crippen molar-refractivity contribution in [1.82, 2.24) is 9.80 Å². The van der Waals surface area contributed by atoms with Gasteiger partial charge >= 0.3 is 0 Å². The second-order valence-corrected chi connectivity index (χ2v) is 16.7. The molecule has 4 aromatic carbocycles. The van der Waals surface area contributed by atoms with Gasteiger partial charge in [0, 0.05) is 68.9 Å². The van der Waals surface area contributed by atoms with Crippen LogP contribution in [0.25, 0.3) is 0 Å². The fraction of sp³-hybridized carbons (Fsp3) is 0.400. The van der Waals surface area contributed by atoms with E-state index >= 15 is 4.79 Å². The first kappa shape index (κ1) is 38.5. The number of Topliss-reactive ketones (excluding diaryl/α,β-unsaturated/α-hetero) is 3.